The van der Waals surface area contributed by atoms with Crippen LogP contribution in [0.1, 0.15) is 28.8 Å². The molecule has 1 aromatic heterocycles. The molecule has 0 amide bonds. The van der Waals surface area contributed by atoms with Crippen molar-refractivity contribution < 1.29 is 20.1 Å². The van der Waals surface area contributed by atoms with Gasteiger partial charge in [0.25, 0.3) is 0 Å². The lowest BCUT2D eigenvalue weighted by molar-refractivity contribution is -0.0551. The number of fused-ring (bicyclic) bond motifs is 3. The summed E-state index contributed by atoms with van der Waals surface area (Å²) in [5, 5.41) is 29.9. The van der Waals surface area contributed by atoms with Crippen molar-refractivity contribution in [1.82, 2.24) is 9.55 Å². The third kappa shape index (κ3) is 2.80. The first-order chi connectivity index (χ1) is 14.5. The van der Waals surface area contributed by atoms with E-state index in [2.05, 4.69) is 17.1 Å². The van der Waals surface area contributed by atoms with Crippen LogP contribution >= 0.6 is 12.2 Å². The Hall–Kier alpha value is -2.62. The van der Waals surface area contributed by atoms with E-state index >= 15 is 0 Å². The number of aromatic nitrogens is 2. The molecule has 4 atom stereocenters. The summed E-state index contributed by atoms with van der Waals surface area (Å²) in [5.41, 5.74) is 4.50. The fourth-order valence-electron chi connectivity index (χ4n) is 4.50. The zero-order chi connectivity index (χ0) is 21.0. The van der Waals surface area contributed by atoms with E-state index in [1.54, 1.807) is 6.20 Å². The molecular weight excluding hydrogens is 404 g/mol. The normalized spacial score (nSPS) is 25.3. The van der Waals surface area contributed by atoms with Crippen LogP contribution in [-0.4, -0.2) is 49.8 Å². The number of H-pyrrole nitrogens is 1. The van der Waals surface area contributed by atoms with Crippen molar-refractivity contribution in [2.24, 2.45) is 0 Å². The van der Waals surface area contributed by atoms with Crippen molar-refractivity contribution in [1.29, 1.82) is 0 Å². The van der Waals surface area contributed by atoms with E-state index < -0.39 is 36.8 Å². The zero-order valence-electron chi connectivity index (χ0n) is 15.8. The van der Waals surface area contributed by atoms with Gasteiger partial charge in [-0.2, -0.15) is 0 Å². The van der Waals surface area contributed by atoms with Gasteiger partial charge in [-0.3, -0.25) is 9.55 Å². The van der Waals surface area contributed by atoms with Gasteiger partial charge < -0.3 is 20.1 Å². The van der Waals surface area contributed by atoms with Crippen molar-refractivity contribution in [3.05, 3.63) is 86.5 Å². The molecule has 1 fully saturated rings. The number of rotatable bonds is 3. The Morgan fingerprint density at radius 3 is 2.13 bits per heavy atom. The monoisotopic (exact) mass is 424 g/mol. The van der Waals surface area contributed by atoms with Crippen molar-refractivity contribution in [3.63, 3.8) is 0 Å². The molecule has 1 aliphatic heterocycles. The molecule has 0 saturated carbocycles. The molecule has 0 spiro atoms. The highest BCUT2D eigenvalue weighted by Gasteiger charge is 2.44. The van der Waals surface area contributed by atoms with Crippen LogP contribution in [0.25, 0.3) is 11.1 Å². The molecule has 1 aliphatic carbocycles. The smallest absolute Gasteiger partial charge is 0.328 e. The highest BCUT2D eigenvalue weighted by Crippen LogP contribution is 2.47. The molecule has 0 radical (unpaired) electrons. The Kier molecular flexibility index (Phi) is 4.68. The molecule has 8 heteroatoms. The fourth-order valence-corrected chi connectivity index (χ4v) is 4.75. The first-order valence-electron chi connectivity index (χ1n) is 9.67. The highest BCUT2D eigenvalue weighted by atomic mass is 32.1. The molecule has 3 aromatic rings. The first-order valence-corrected chi connectivity index (χ1v) is 10.1. The molecule has 5 rings (SSSR count). The molecule has 1 saturated heterocycles. The molecule has 2 aromatic carbocycles. The number of aromatic amines is 1. The maximum atomic E-state index is 12.6. The van der Waals surface area contributed by atoms with Gasteiger partial charge in [0.15, 0.2) is 6.23 Å². The first kappa shape index (κ1) is 19.3. The van der Waals surface area contributed by atoms with Gasteiger partial charge in [-0.05, 0) is 22.3 Å². The Balaban J connectivity index is 1.68. The number of hydrogen-bond donors (Lipinski definition) is 4. The Morgan fingerprint density at radius 1 is 0.967 bits per heavy atom. The maximum Gasteiger partial charge on any atom is 0.328 e. The van der Waals surface area contributed by atoms with E-state index in [0.29, 0.717) is 10.2 Å². The number of nitrogens with one attached hydrogen (secondary N) is 1. The van der Waals surface area contributed by atoms with Gasteiger partial charge in [0.05, 0.1) is 6.61 Å². The summed E-state index contributed by atoms with van der Waals surface area (Å²) in [7, 11) is 0. The number of benzene rings is 2. The van der Waals surface area contributed by atoms with E-state index in [-0.39, 0.29) is 5.92 Å². The van der Waals surface area contributed by atoms with Crippen LogP contribution in [0.4, 0.5) is 0 Å². The molecule has 154 valence electrons. The topological polar surface area (TPSA) is 108 Å². The quantitative estimate of drug-likeness (QED) is 0.373. The number of aliphatic hydroxyl groups is 3. The fraction of sp³-hybridized carbons (Fsp3) is 0.273. The lowest BCUT2D eigenvalue weighted by Crippen LogP contribution is -2.36. The third-order valence-electron chi connectivity index (χ3n) is 5.93. The second kappa shape index (κ2) is 7.26. The molecule has 7 nitrogen and oxygen atoms in total. The van der Waals surface area contributed by atoms with Crippen molar-refractivity contribution >= 4 is 12.2 Å². The minimum atomic E-state index is -1.36. The van der Waals surface area contributed by atoms with Crippen LogP contribution < -0.4 is 5.69 Å². The van der Waals surface area contributed by atoms with Gasteiger partial charge in [0.2, 0.25) is 0 Å². The molecule has 0 bridgehead atoms. The lowest BCUT2D eigenvalue weighted by Gasteiger charge is -2.21. The van der Waals surface area contributed by atoms with E-state index in [0.717, 1.165) is 22.3 Å². The van der Waals surface area contributed by atoms with Gasteiger partial charge in [-0.25, -0.2) is 4.79 Å². The molecule has 2 heterocycles. The van der Waals surface area contributed by atoms with Gasteiger partial charge in [0.1, 0.15) is 23.0 Å². The summed E-state index contributed by atoms with van der Waals surface area (Å²) in [6.45, 7) is -0.470. The van der Waals surface area contributed by atoms with Gasteiger partial charge in [-0.15, -0.1) is 0 Å². The summed E-state index contributed by atoms with van der Waals surface area (Å²) in [6.07, 6.45) is -3.18. The molecule has 2 aliphatic rings. The van der Waals surface area contributed by atoms with Crippen LogP contribution in [0, 0.1) is 4.64 Å². The number of aliphatic hydroxyl groups excluding tert-OH is 3. The van der Waals surface area contributed by atoms with E-state index in [9.17, 15) is 20.1 Å². The van der Waals surface area contributed by atoms with E-state index in [4.69, 9.17) is 17.0 Å². The largest absolute Gasteiger partial charge is 0.394 e. The number of nitrogens with zero attached hydrogens (tertiary/aromatic N) is 1. The Morgan fingerprint density at radius 2 is 1.57 bits per heavy atom. The lowest BCUT2D eigenvalue weighted by atomic mass is 9.91. The predicted molar refractivity (Wildman–Crippen MR) is 112 cm³/mol. The van der Waals surface area contributed by atoms with Crippen molar-refractivity contribution in [2.75, 3.05) is 6.61 Å². The summed E-state index contributed by atoms with van der Waals surface area (Å²) < 4.78 is 7.07. The molecule has 0 unspecified atom stereocenters. The second-order valence-electron chi connectivity index (χ2n) is 7.59. The van der Waals surface area contributed by atoms with E-state index in [1.165, 1.54) is 4.57 Å². The summed E-state index contributed by atoms with van der Waals surface area (Å²) in [6, 6.07) is 16.1. The molecular formula is C22H20N2O5S. The SMILES string of the molecule is O=c1[nH]c(=S)c(C2c3ccccc3-c3ccccc32)cn1[C@@H]1O[C@H](CO)[C@@H](O)[C@H]1O. The summed E-state index contributed by atoms with van der Waals surface area (Å²) >= 11 is 5.51. The summed E-state index contributed by atoms with van der Waals surface area (Å²) in [5.74, 6) is -0.190. The van der Waals surface area contributed by atoms with Gasteiger partial charge in [-0.1, -0.05) is 60.7 Å². The van der Waals surface area contributed by atoms with Crippen molar-refractivity contribution in [2.45, 2.75) is 30.5 Å². The van der Waals surface area contributed by atoms with Crippen molar-refractivity contribution in [3.8, 4) is 11.1 Å². The minimum Gasteiger partial charge on any atom is -0.394 e. The van der Waals surface area contributed by atoms with Crippen LogP contribution in [-0.2, 0) is 4.74 Å². The standard InChI is InChI=1S/C22H20N2O5S/c25-10-16-18(26)19(27)21(29-16)24-9-15(20(30)23-22(24)28)17-13-7-3-1-5-11(13)12-6-2-4-8-14(12)17/h1-9,16-19,21,25-27H,10H2,(H,23,28,30)/t16-,18-,19-,21-/m1/s1. The average molecular weight is 424 g/mol. The number of ether oxygens (including phenoxy) is 1. The zero-order valence-corrected chi connectivity index (χ0v) is 16.6. The Labute approximate surface area is 176 Å². The maximum absolute atomic E-state index is 12.6. The predicted octanol–water partition coefficient (Wildman–Crippen LogP) is 1.68. The third-order valence-corrected chi connectivity index (χ3v) is 6.27. The summed E-state index contributed by atoms with van der Waals surface area (Å²) in [4.78, 5) is 15.3. The van der Waals surface area contributed by atoms with Crippen LogP contribution in [0.2, 0.25) is 0 Å². The second-order valence-corrected chi connectivity index (χ2v) is 8.00. The van der Waals surface area contributed by atoms with Gasteiger partial charge in [0, 0.05) is 17.7 Å². The highest BCUT2D eigenvalue weighted by molar-refractivity contribution is 7.71. The van der Waals surface area contributed by atoms with Gasteiger partial charge >= 0.3 is 5.69 Å². The van der Waals surface area contributed by atoms with Crippen LogP contribution in [0.3, 0.4) is 0 Å². The van der Waals surface area contributed by atoms with Crippen LogP contribution in [0.15, 0.2) is 59.5 Å². The molecule has 4 N–H and O–H groups in total. The number of hydrogen-bond acceptors (Lipinski definition) is 6. The Bertz CT molecular complexity index is 1190. The van der Waals surface area contributed by atoms with Crippen LogP contribution in [0.5, 0.6) is 0 Å². The average Bonchev–Trinajstić information content (AvgIpc) is 3.23. The molecule has 30 heavy (non-hydrogen) atoms. The van der Waals surface area contributed by atoms with E-state index in [1.807, 2.05) is 36.4 Å². The minimum absolute atomic E-state index is 0.190.